The highest BCUT2D eigenvalue weighted by Crippen LogP contribution is 2.41. The Bertz CT molecular complexity index is 1560. The fourth-order valence-corrected chi connectivity index (χ4v) is 4.66. The Hall–Kier alpha value is -4.99. The van der Waals surface area contributed by atoms with Crippen LogP contribution in [0.2, 0.25) is 0 Å². The molecule has 39 heavy (non-hydrogen) atoms. The van der Waals surface area contributed by atoms with Gasteiger partial charge in [-0.25, -0.2) is 4.68 Å². The molecule has 2 heterocycles. The van der Waals surface area contributed by atoms with Gasteiger partial charge in [-0.05, 0) is 43.3 Å². The third-order valence-electron chi connectivity index (χ3n) is 6.53. The number of hydrogen-bond acceptors (Lipinski definition) is 8. The number of nitrogens with one attached hydrogen (secondary N) is 2. The monoisotopic (exact) mass is 527 g/mol. The lowest BCUT2D eigenvalue weighted by Gasteiger charge is -2.29. The number of carbonyl (C=O) groups is 1. The van der Waals surface area contributed by atoms with Crippen LogP contribution in [0.3, 0.4) is 0 Å². The first kappa shape index (κ1) is 25.7. The Labute approximate surface area is 226 Å². The summed E-state index contributed by atoms with van der Waals surface area (Å²) in [7, 11) is 6.32. The molecule has 200 valence electrons. The minimum atomic E-state index is -0.631. The smallest absolute Gasteiger partial charge is 0.255 e. The van der Waals surface area contributed by atoms with E-state index in [1.807, 2.05) is 55.5 Å². The molecule has 1 unspecified atom stereocenters. The van der Waals surface area contributed by atoms with Crippen LogP contribution >= 0.6 is 0 Å². The van der Waals surface area contributed by atoms with Crippen LogP contribution in [0.15, 0.2) is 78.0 Å². The van der Waals surface area contributed by atoms with E-state index in [2.05, 4.69) is 10.6 Å². The molecule has 0 aliphatic carbocycles. The molecule has 0 radical (unpaired) electrons. The van der Waals surface area contributed by atoms with E-state index in [0.29, 0.717) is 51.7 Å². The SMILES string of the molecule is COc1ccccc1NC(=O)C1=C(C)Nc2nc(-c3ccc(OC)c(OC)c3)nn2C1c1ccccc1OC. The molecule has 1 amide bonds. The molecule has 0 saturated carbocycles. The van der Waals surface area contributed by atoms with Gasteiger partial charge in [0.2, 0.25) is 5.95 Å². The van der Waals surface area contributed by atoms with Crippen molar-refractivity contribution in [1.82, 2.24) is 14.8 Å². The second-order valence-electron chi connectivity index (χ2n) is 8.74. The highest BCUT2D eigenvalue weighted by atomic mass is 16.5. The second-order valence-corrected chi connectivity index (χ2v) is 8.74. The van der Waals surface area contributed by atoms with Crippen molar-refractivity contribution >= 4 is 17.5 Å². The Morgan fingerprint density at radius 3 is 2.23 bits per heavy atom. The van der Waals surface area contributed by atoms with Crippen molar-refractivity contribution in [3.63, 3.8) is 0 Å². The van der Waals surface area contributed by atoms with Crippen molar-refractivity contribution in [2.45, 2.75) is 13.0 Å². The number of hydrogen-bond donors (Lipinski definition) is 2. The number of para-hydroxylation sites is 3. The van der Waals surface area contributed by atoms with Crippen molar-refractivity contribution in [3.05, 3.63) is 83.6 Å². The predicted octanol–water partition coefficient (Wildman–Crippen LogP) is 4.91. The Morgan fingerprint density at radius 1 is 0.846 bits per heavy atom. The van der Waals surface area contributed by atoms with E-state index < -0.39 is 6.04 Å². The normalized spacial score (nSPS) is 14.2. The summed E-state index contributed by atoms with van der Waals surface area (Å²) in [4.78, 5) is 18.6. The number of allylic oxidation sites excluding steroid dienone is 1. The fourth-order valence-electron chi connectivity index (χ4n) is 4.66. The number of ether oxygens (including phenoxy) is 4. The van der Waals surface area contributed by atoms with E-state index in [1.165, 1.54) is 0 Å². The lowest BCUT2D eigenvalue weighted by molar-refractivity contribution is -0.113. The summed E-state index contributed by atoms with van der Waals surface area (Å²) in [6, 6.07) is 19.6. The van der Waals surface area contributed by atoms with Gasteiger partial charge in [0.1, 0.15) is 17.5 Å². The zero-order valence-electron chi connectivity index (χ0n) is 22.3. The molecule has 5 rings (SSSR count). The summed E-state index contributed by atoms with van der Waals surface area (Å²) in [6.07, 6.45) is 0. The molecule has 10 heteroatoms. The lowest BCUT2D eigenvalue weighted by atomic mass is 9.94. The van der Waals surface area contributed by atoms with Crippen LogP contribution in [-0.4, -0.2) is 49.1 Å². The maximum atomic E-state index is 13.9. The Balaban J connectivity index is 1.62. The molecular formula is C29H29N5O5. The van der Waals surface area contributed by atoms with E-state index in [-0.39, 0.29) is 5.91 Å². The molecular weight excluding hydrogens is 498 g/mol. The summed E-state index contributed by atoms with van der Waals surface area (Å²) in [5, 5.41) is 11.1. The highest BCUT2D eigenvalue weighted by Gasteiger charge is 2.36. The molecule has 0 fully saturated rings. The molecule has 0 saturated heterocycles. The maximum absolute atomic E-state index is 13.9. The van der Waals surface area contributed by atoms with Crippen LogP contribution in [0, 0.1) is 0 Å². The van der Waals surface area contributed by atoms with Gasteiger partial charge in [-0.2, -0.15) is 4.98 Å². The number of nitrogens with zero attached hydrogens (tertiary/aromatic N) is 3. The van der Waals surface area contributed by atoms with Crippen molar-refractivity contribution < 1.29 is 23.7 Å². The molecule has 4 aromatic rings. The van der Waals surface area contributed by atoms with Gasteiger partial charge in [-0.3, -0.25) is 4.79 Å². The maximum Gasteiger partial charge on any atom is 0.255 e. The van der Waals surface area contributed by atoms with Crippen molar-refractivity contribution in [2.75, 3.05) is 39.1 Å². The van der Waals surface area contributed by atoms with Crippen LogP contribution in [0.4, 0.5) is 11.6 Å². The number of fused-ring (bicyclic) bond motifs is 1. The molecule has 2 N–H and O–H groups in total. The van der Waals surface area contributed by atoms with Gasteiger partial charge in [0.05, 0.1) is 39.7 Å². The van der Waals surface area contributed by atoms with Gasteiger partial charge in [-0.1, -0.05) is 30.3 Å². The van der Waals surface area contributed by atoms with Gasteiger partial charge >= 0.3 is 0 Å². The Morgan fingerprint density at radius 2 is 1.51 bits per heavy atom. The third-order valence-corrected chi connectivity index (χ3v) is 6.53. The van der Waals surface area contributed by atoms with E-state index in [9.17, 15) is 4.79 Å². The average Bonchev–Trinajstić information content (AvgIpc) is 3.39. The topological polar surface area (TPSA) is 109 Å². The minimum absolute atomic E-state index is 0.311. The van der Waals surface area contributed by atoms with Gasteiger partial charge in [0, 0.05) is 16.8 Å². The first-order valence-electron chi connectivity index (χ1n) is 12.2. The molecule has 0 spiro atoms. The fraction of sp³-hybridized carbons (Fsp3) is 0.207. The van der Waals surface area contributed by atoms with Gasteiger partial charge in [0.25, 0.3) is 5.91 Å². The lowest BCUT2D eigenvalue weighted by Crippen LogP contribution is -2.31. The van der Waals surface area contributed by atoms with Gasteiger partial charge < -0.3 is 29.6 Å². The molecule has 0 bridgehead atoms. The van der Waals surface area contributed by atoms with Crippen LogP contribution in [0.25, 0.3) is 11.4 Å². The van der Waals surface area contributed by atoms with Crippen LogP contribution < -0.4 is 29.6 Å². The average molecular weight is 528 g/mol. The van der Waals surface area contributed by atoms with Crippen LogP contribution in [0.1, 0.15) is 18.5 Å². The highest BCUT2D eigenvalue weighted by molar-refractivity contribution is 6.06. The summed E-state index contributed by atoms with van der Waals surface area (Å²) in [5.41, 5.74) is 3.14. The quantitative estimate of drug-likeness (QED) is 0.333. The van der Waals surface area contributed by atoms with Crippen molar-refractivity contribution in [2.24, 2.45) is 0 Å². The van der Waals surface area contributed by atoms with Gasteiger partial charge in [0.15, 0.2) is 17.3 Å². The van der Waals surface area contributed by atoms with E-state index >= 15 is 0 Å². The molecule has 1 atom stereocenters. The van der Waals surface area contributed by atoms with Crippen molar-refractivity contribution in [3.8, 4) is 34.4 Å². The number of methoxy groups -OCH3 is 4. The molecule has 1 aliphatic rings. The van der Waals surface area contributed by atoms with E-state index in [1.54, 1.807) is 51.3 Å². The first-order chi connectivity index (χ1) is 19.0. The van der Waals surface area contributed by atoms with E-state index in [4.69, 9.17) is 29.0 Å². The molecule has 10 nitrogen and oxygen atoms in total. The first-order valence-corrected chi connectivity index (χ1v) is 12.2. The van der Waals surface area contributed by atoms with Crippen LogP contribution in [-0.2, 0) is 4.79 Å². The van der Waals surface area contributed by atoms with Crippen LogP contribution in [0.5, 0.6) is 23.0 Å². The number of amides is 1. The number of carbonyl (C=O) groups excluding carboxylic acids is 1. The summed E-state index contributed by atoms with van der Waals surface area (Å²) >= 11 is 0. The van der Waals surface area contributed by atoms with E-state index in [0.717, 1.165) is 11.1 Å². The molecule has 3 aromatic carbocycles. The predicted molar refractivity (Wildman–Crippen MR) is 148 cm³/mol. The minimum Gasteiger partial charge on any atom is -0.496 e. The van der Waals surface area contributed by atoms with Gasteiger partial charge in [-0.15, -0.1) is 5.10 Å². The summed E-state index contributed by atoms with van der Waals surface area (Å²) < 4.78 is 23.7. The number of rotatable bonds is 8. The second kappa shape index (κ2) is 10.8. The molecule has 1 aromatic heterocycles. The Kier molecular flexibility index (Phi) is 7.09. The number of aromatic nitrogens is 3. The zero-order chi connectivity index (χ0) is 27.5. The number of benzene rings is 3. The third kappa shape index (κ3) is 4.72. The summed E-state index contributed by atoms with van der Waals surface area (Å²) in [6.45, 7) is 1.84. The number of anilines is 2. The largest absolute Gasteiger partial charge is 0.496 e. The standard InChI is InChI=1S/C29H29N5O5/c1-17-25(28(35)31-20-11-7-9-13-22(20)37-3)26(19-10-6-8-12-21(19)36-2)34-29(30-17)32-27(33-34)18-14-15-23(38-4)24(16-18)39-5/h6-16,26H,1-5H3,(H,31,35)(H,30,32,33). The molecule has 1 aliphatic heterocycles. The zero-order valence-corrected chi connectivity index (χ0v) is 22.3. The summed E-state index contributed by atoms with van der Waals surface area (Å²) in [5.74, 6) is 2.97. The van der Waals surface area contributed by atoms with Crippen molar-refractivity contribution in [1.29, 1.82) is 0 Å².